The van der Waals surface area contributed by atoms with Crippen LogP contribution in [0, 0.1) is 39.4 Å². The molecular formula is C20H30O2. The van der Waals surface area contributed by atoms with Gasteiger partial charge in [0.15, 0.2) is 5.78 Å². The van der Waals surface area contributed by atoms with E-state index in [4.69, 9.17) is 0 Å². The molecule has 22 heavy (non-hydrogen) atoms. The van der Waals surface area contributed by atoms with E-state index in [2.05, 4.69) is 33.8 Å². The maximum absolute atomic E-state index is 12.8. The lowest BCUT2D eigenvalue weighted by Gasteiger charge is -2.50. The number of allylic oxidation sites excluding steroid dienone is 2. The normalized spacial score (nSPS) is 59.5. The summed E-state index contributed by atoms with van der Waals surface area (Å²) in [6.07, 6.45) is 9.80. The number of rotatable bonds is 1. The molecule has 2 heteroatoms. The Morgan fingerprint density at radius 3 is 2.64 bits per heavy atom. The summed E-state index contributed by atoms with van der Waals surface area (Å²) in [7, 11) is 0. The van der Waals surface area contributed by atoms with Crippen LogP contribution >= 0.6 is 0 Å². The smallest absolute Gasteiger partial charge is 0.161 e. The van der Waals surface area contributed by atoms with Crippen LogP contribution in [0.15, 0.2) is 12.2 Å². The molecule has 0 aromatic rings. The zero-order chi connectivity index (χ0) is 16.0. The summed E-state index contributed by atoms with van der Waals surface area (Å²) in [5, 5.41) is 10.1. The maximum Gasteiger partial charge on any atom is 0.161 e. The van der Waals surface area contributed by atoms with Crippen molar-refractivity contribution >= 4 is 5.78 Å². The predicted molar refractivity (Wildman–Crippen MR) is 87.2 cm³/mol. The van der Waals surface area contributed by atoms with Crippen molar-refractivity contribution < 1.29 is 9.90 Å². The molecule has 1 spiro atoms. The van der Waals surface area contributed by atoms with Crippen molar-refractivity contribution in [2.75, 3.05) is 6.61 Å². The molecule has 4 aliphatic rings. The summed E-state index contributed by atoms with van der Waals surface area (Å²) in [5.41, 5.74) is 0.326. The average molecular weight is 302 g/mol. The lowest BCUT2D eigenvalue weighted by atomic mass is 9.52. The van der Waals surface area contributed by atoms with Gasteiger partial charge in [0.1, 0.15) is 0 Å². The zero-order valence-electron chi connectivity index (χ0n) is 14.5. The number of fused-ring (bicyclic) bond motifs is 2. The highest BCUT2D eigenvalue weighted by atomic mass is 16.3. The summed E-state index contributed by atoms with van der Waals surface area (Å²) < 4.78 is 0. The molecule has 0 amide bonds. The summed E-state index contributed by atoms with van der Waals surface area (Å²) in [4.78, 5) is 12.8. The fourth-order valence-electron chi connectivity index (χ4n) is 7.81. The van der Waals surface area contributed by atoms with Crippen LogP contribution in [-0.4, -0.2) is 17.5 Å². The Balaban J connectivity index is 1.89. The fraction of sp³-hybridized carbons (Fsp3) is 0.850. The van der Waals surface area contributed by atoms with Crippen molar-refractivity contribution in [3.8, 4) is 0 Å². The Bertz CT molecular complexity index is 566. The molecule has 0 saturated heterocycles. The Labute approximate surface area is 134 Å². The van der Waals surface area contributed by atoms with E-state index in [0.29, 0.717) is 35.6 Å². The monoisotopic (exact) mass is 302 g/mol. The van der Waals surface area contributed by atoms with Gasteiger partial charge in [-0.15, -0.1) is 0 Å². The number of aliphatic hydroxyl groups is 1. The van der Waals surface area contributed by atoms with E-state index in [-0.39, 0.29) is 16.2 Å². The second-order valence-electron chi connectivity index (χ2n) is 9.65. The highest BCUT2D eigenvalue weighted by Crippen LogP contribution is 2.79. The van der Waals surface area contributed by atoms with Crippen molar-refractivity contribution in [2.45, 2.75) is 59.8 Å². The molecule has 0 radical (unpaired) electrons. The minimum atomic E-state index is -0.171. The third-order valence-electron chi connectivity index (χ3n) is 8.77. The van der Waals surface area contributed by atoms with E-state index in [1.54, 1.807) is 0 Å². The first-order valence-corrected chi connectivity index (χ1v) is 9.07. The lowest BCUT2D eigenvalue weighted by Crippen LogP contribution is -2.50. The second kappa shape index (κ2) is 4.06. The SMILES string of the molecule is CC1C=CC(=O)C2(C)CCC3C4C(C)(CO)CCC4(C)CC132. The first kappa shape index (κ1) is 14.9. The number of carbonyl (C=O) groups excluding carboxylic acids is 1. The largest absolute Gasteiger partial charge is 0.396 e. The Hall–Kier alpha value is -0.630. The van der Waals surface area contributed by atoms with Crippen LogP contribution in [0.1, 0.15) is 59.8 Å². The summed E-state index contributed by atoms with van der Waals surface area (Å²) in [5.74, 6) is 2.02. The van der Waals surface area contributed by atoms with Gasteiger partial charge < -0.3 is 5.11 Å². The summed E-state index contributed by atoms with van der Waals surface area (Å²) in [6.45, 7) is 9.62. The van der Waals surface area contributed by atoms with Crippen molar-refractivity contribution in [1.29, 1.82) is 0 Å². The standard InChI is InChI=1S/C20H30O2/c1-13-5-6-15(22)19(4)8-7-14-16-17(2,11-20(13,14)19)9-10-18(16,3)12-21/h5-6,13-14,16,21H,7-12H2,1-4H3. The molecule has 0 aromatic carbocycles. The van der Waals surface area contributed by atoms with Gasteiger partial charge in [0.25, 0.3) is 0 Å². The van der Waals surface area contributed by atoms with Crippen molar-refractivity contribution in [1.82, 2.24) is 0 Å². The van der Waals surface area contributed by atoms with Gasteiger partial charge in [-0.05, 0) is 72.2 Å². The second-order valence-corrected chi connectivity index (χ2v) is 9.65. The molecule has 4 aliphatic carbocycles. The first-order chi connectivity index (χ1) is 10.2. The topological polar surface area (TPSA) is 37.3 Å². The van der Waals surface area contributed by atoms with Crippen LogP contribution in [0.4, 0.5) is 0 Å². The molecule has 0 bridgehead atoms. The fourth-order valence-corrected chi connectivity index (χ4v) is 7.81. The predicted octanol–water partition coefficient (Wildman–Crippen LogP) is 3.98. The van der Waals surface area contributed by atoms with Crippen LogP contribution in [0.3, 0.4) is 0 Å². The first-order valence-electron chi connectivity index (χ1n) is 9.07. The highest BCUT2D eigenvalue weighted by molar-refractivity contribution is 5.96. The van der Waals surface area contributed by atoms with Crippen molar-refractivity contribution in [3.63, 3.8) is 0 Å². The molecule has 4 rings (SSSR count). The van der Waals surface area contributed by atoms with Gasteiger partial charge in [-0.25, -0.2) is 0 Å². The molecule has 0 aromatic heterocycles. The number of aliphatic hydroxyl groups excluding tert-OH is 1. The van der Waals surface area contributed by atoms with Crippen LogP contribution in [0.2, 0.25) is 0 Å². The molecule has 2 nitrogen and oxygen atoms in total. The van der Waals surface area contributed by atoms with Crippen LogP contribution in [0.5, 0.6) is 0 Å². The number of hydrogen-bond donors (Lipinski definition) is 1. The van der Waals surface area contributed by atoms with Gasteiger partial charge in [0.2, 0.25) is 0 Å². The van der Waals surface area contributed by atoms with Gasteiger partial charge >= 0.3 is 0 Å². The molecule has 7 atom stereocenters. The lowest BCUT2D eigenvalue weighted by molar-refractivity contribution is -0.134. The van der Waals surface area contributed by atoms with E-state index in [0.717, 1.165) is 12.8 Å². The Kier molecular flexibility index (Phi) is 2.76. The van der Waals surface area contributed by atoms with E-state index in [1.165, 1.54) is 19.3 Å². The minimum absolute atomic E-state index is 0.0537. The van der Waals surface area contributed by atoms with Gasteiger partial charge in [-0.2, -0.15) is 0 Å². The molecular weight excluding hydrogens is 272 g/mol. The maximum atomic E-state index is 12.8. The molecule has 0 aliphatic heterocycles. The molecule has 3 fully saturated rings. The molecule has 1 N–H and O–H groups in total. The van der Waals surface area contributed by atoms with Gasteiger partial charge in [0, 0.05) is 12.0 Å². The Morgan fingerprint density at radius 2 is 1.95 bits per heavy atom. The molecule has 7 unspecified atom stereocenters. The zero-order valence-corrected chi connectivity index (χ0v) is 14.5. The van der Waals surface area contributed by atoms with Crippen molar-refractivity contribution in [2.24, 2.45) is 39.4 Å². The summed E-state index contributed by atoms with van der Waals surface area (Å²) >= 11 is 0. The third kappa shape index (κ3) is 1.36. The van der Waals surface area contributed by atoms with Crippen LogP contribution < -0.4 is 0 Å². The molecule has 122 valence electrons. The van der Waals surface area contributed by atoms with Gasteiger partial charge in [-0.1, -0.05) is 33.8 Å². The average Bonchev–Trinajstić information content (AvgIpc) is 3.01. The van der Waals surface area contributed by atoms with Gasteiger partial charge in [0.05, 0.1) is 0 Å². The van der Waals surface area contributed by atoms with Crippen LogP contribution in [0.25, 0.3) is 0 Å². The quantitative estimate of drug-likeness (QED) is 0.795. The number of carbonyl (C=O) groups is 1. The van der Waals surface area contributed by atoms with Gasteiger partial charge in [-0.3, -0.25) is 4.79 Å². The number of hydrogen-bond acceptors (Lipinski definition) is 2. The third-order valence-corrected chi connectivity index (χ3v) is 8.77. The Morgan fingerprint density at radius 1 is 1.23 bits per heavy atom. The van der Waals surface area contributed by atoms with Crippen molar-refractivity contribution in [3.05, 3.63) is 12.2 Å². The summed E-state index contributed by atoms with van der Waals surface area (Å²) in [6, 6.07) is 0. The number of ketones is 1. The molecule has 3 saturated carbocycles. The van der Waals surface area contributed by atoms with Crippen LogP contribution in [-0.2, 0) is 4.79 Å². The highest BCUT2D eigenvalue weighted by Gasteiger charge is 2.75. The van der Waals surface area contributed by atoms with E-state index in [9.17, 15) is 9.90 Å². The van der Waals surface area contributed by atoms with E-state index >= 15 is 0 Å². The van der Waals surface area contributed by atoms with E-state index < -0.39 is 0 Å². The van der Waals surface area contributed by atoms with E-state index in [1.807, 2.05) is 6.08 Å². The molecule has 0 heterocycles. The minimum Gasteiger partial charge on any atom is -0.396 e.